The number of anilines is 1. The summed E-state index contributed by atoms with van der Waals surface area (Å²) >= 11 is 0. The normalized spacial score (nSPS) is 27.8. The number of piperidine rings is 1. The van der Waals surface area contributed by atoms with Gasteiger partial charge in [0.05, 0.1) is 17.0 Å². The molecule has 0 unspecified atom stereocenters. The maximum atomic E-state index is 12.6. The monoisotopic (exact) mass is 398 g/mol. The number of hydrogen-bond acceptors (Lipinski definition) is 6. The first-order valence-electron chi connectivity index (χ1n) is 10.2. The second-order valence-electron chi connectivity index (χ2n) is 8.14. The number of imide groups is 2. The van der Waals surface area contributed by atoms with E-state index in [0.29, 0.717) is 35.7 Å². The first-order chi connectivity index (χ1) is 14.0. The summed E-state index contributed by atoms with van der Waals surface area (Å²) in [6.45, 7) is 0. The van der Waals surface area contributed by atoms with Gasteiger partial charge in [0.15, 0.2) is 0 Å². The second kappa shape index (κ2) is 7.94. The lowest BCUT2D eigenvalue weighted by atomic mass is 9.74. The van der Waals surface area contributed by atoms with Crippen LogP contribution in [0.15, 0.2) is 18.2 Å². The number of carbonyl (C=O) groups is 4. The van der Waals surface area contributed by atoms with Crippen molar-refractivity contribution in [3.05, 3.63) is 29.3 Å². The molecule has 0 spiro atoms. The van der Waals surface area contributed by atoms with Gasteiger partial charge in [-0.2, -0.15) is 0 Å². The van der Waals surface area contributed by atoms with Crippen molar-refractivity contribution in [1.29, 1.82) is 0 Å². The Bertz CT molecular complexity index is 860. The van der Waals surface area contributed by atoms with Crippen molar-refractivity contribution in [1.82, 2.24) is 16.0 Å². The molecule has 2 aliphatic heterocycles. The maximum absolute atomic E-state index is 12.6. The summed E-state index contributed by atoms with van der Waals surface area (Å²) in [4.78, 5) is 48.6. The molecule has 1 aromatic carbocycles. The quantitative estimate of drug-likeness (QED) is 0.554. The van der Waals surface area contributed by atoms with Crippen molar-refractivity contribution in [2.45, 2.75) is 50.6 Å². The van der Waals surface area contributed by atoms with E-state index in [9.17, 15) is 19.2 Å². The fraction of sp³-hybridized carbons (Fsp3) is 0.524. The van der Waals surface area contributed by atoms with Crippen molar-refractivity contribution in [3.63, 3.8) is 0 Å². The molecule has 29 heavy (non-hydrogen) atoms. The number of rotatable bonds is 5. The zero-order valence-corrected chi connectivity index (χ0v) is 16.4. The molecule has 1 saturated carbocycles. The Morgan fingerprint density at radius 2 is 1.72 bits per heavy atom. The van der Waals surface area contributed by atoms with Crippen LogP contribution in [0.2, 0.25) is 0 Å². The summed E-state index contributed by atoms with van der Waals surface area (Å²) in [5.41, 5.74) is 1.25. The molecule has 4 amide bonds. The topological polar surface area (TPSA) is 116 Å². The van der Waals surface area contributed by atoms with Crippen LogP contribution in [0.25, 0.3) is 0 Å². The summed E-state index contributed by atoms with van der Waals surface area (Å²) < 4.78 is 0. The second-order valence-corrected chi connectivity index (χ2v) is 8.14. The third-order valence-corrected chi connectivity index (χ3v) is 6.49. The standard InChI is InChI=1S/C21H26N4O4/c1-22-12-7-5-11(6-8-12)18(14-9-10-16(26)24-20(14)28)23-15-4-2-3-13-17(15)21(29)25-19(13)27/h2-4,11-12,14,18,22-23H,5-10H2,1H3,(H,24,26,28)(H,25,27,29)/t11?,12?,14-,18-/m0/s1. The van der Waals surface area contributed by atoms with E-state index < -0.39 is 11.8 Å². The van der Waals surface area contributed by atoms with E-state index >= 15 is 0 Å². The van der Waals surface area contributed by atoms with Gasteiger partial charge in [-0.15, -0.1) is 0 Å². The van der Waals surface area contributed by atoms with Gasteiger partial charge in [0.25, 0.3) is 11.8 Å². The van der Waals surface area contributed by atoms with Crippen LogP contribution in [0.3, 0.4) is 0 Å². The lowest BCUT2D eigenvalue weighted by Crippen LogP contribution is -2.51. The average molecular weight is 398 g/mol. The van der Waals surface area contributed by atoms with Crippen LogP contribution in [0.1, 0.15) is 59.2 Å². The van der Waals surface area contributed by atoms with Gasteiger partial charge in [0.1, 0.15) is 0 Å². The van der Waals surface area contributed by atoms with Crippen molar-refractivity contribution in [2.24, 2.45) is 11.8 Å². The SMILES string of the molecule is CNC1CCC([C@H](Nc2cccc3c2C(=O)NC3=O)[C@@H]2CCC(=O)NC2=O)CC1. The number of amides is 4. The van der Waals surface area contributed by atoms with Gasteiger partial charge in [-0.25, -0.2) is 0 Å². The first kappa shape index (κ1) is 19.6. The maximum Gasteiger partial charge on any atom is 0.261 e. The third-order valence-electron chi connectivity index (χ3n) is 6.49. The lowest BCUT2D eigenvalue weighted by Gasteiger charge is -2.39. The van der Waals surface area contributed by atoms with Crippen LogP contribution in [-0.4, -0.2) is 42.8 Å². The summed E-state index contributed by atoms with van der Waals surface area (Å²) in [5.74, 6) is -1.45. The van der Waals surface area contributed by atoms with Crippen molar-refractivity contribution >= 4 is 29.3 Å². The summed E-state index contributed by atoms with van der Waals surface area (Å²) in [6, 6.07) is 5.39. The molecule has 4 rings (SSSR count). The molecule has 0 bridgehead atoms. The summed E-state index contributed by atoms with van der Waals surface area (Å²) in [6.07, 6.45) is 4.71. The molecule has 1 aliphatic carbocycles. The molecular weight excluding hydrogens is 372 g/mol. The molecule has 0 radical (unpaired) electrons. The zero-order valence-electron chi connectivity index (χ0n) is 16.4. The van der Waals surface area contributed by atoms with Crippen LogP contribution >= 0.6 is 0 Å². The summed E-state index contributed by atoms with van der Waals surface area (Å²) in [5, 5.41) is 11.6. The van der Waals surface area contributed by atoms with Gasteiger partial charge in [0, 0.05) is 24.2 Å². The van der Waals surface area contributed by atoms with Crippen LogP contribution in [0.4, 0.5) is 5.69 Å². The molecule has 154 valence electrons. The highest BCUT2D eigenvalue weighted by atomic mass is 16.2. The summed E-state index contributed by atoms with van der Waals surface area (Å²) in [7, 11) is 1.96. The Hall–Kier alpha value is -2.74. The van der Waals surface area contributed by atoms with E-state index in [2.05, 4.69) is 21.3 Å². The molecular formula is C21H26N4O4. The lowest BCUT2D eigenvalue weighted by molar-refractivity contribution is -0.137. The number of carbonyl (C=O) groups excluding carboxylic acids is 4. The van der Waals surface area contributed by atoms with E-state index in [-0.39, 0.29) is 29.7 Å². The minimum absolute atomic E-state index is 0.212. The Kier molecular flexibility index (Phi) is 5.36. The van der Waals surface area contributed by atoms with Crippen LogP contribution in [0.5, 0.6) is 0 Å². The molecule has 1 saturated heterocycles. The molecule has 1 aromatic rings. The molecule has 2 fully saturated rings. The van der Waals surface area contributed by atoms with Crippen molar-refractivity contribution in [2.75, 3.05) is 12.4 Å². The van der Waals surface area contributed by atoms with Gasteiger partial charge in [-0.1, -0.05) is 6.07 Å². The molecule has 2 atom stereocenters. The predicted octanol–water partition coefficient (Wildman–Crippen LogP) is 1.18. The molecule has 0 aromatic heterocycles. The van der Waals surface area contributed by atoms with E-state index in [4.69, 9.17) is 0 Å². The van der Waals surface area contributed by atoms with Gasteiger partial charge < -0.3 is 10.6 Å². The Balaban J connectivity index is 1.63. The number of hydrogen-bond donors (Lipinski definition) is 4. The first-order valence-corrected chi connectivity index (χ1v) is 10.2. The molecule has 8 heteroatoms. The molecule has 4 N–H and O–H groups in total. The molecule has 8 nitrogen and oxygen atoms in total. The number of nitrogens with one attached hydrogen (secondary N) is 4. The fourth-order valence-corrected chi connectivity index (χ4v) is 4.89. The minimum Gasteiger partial charge on any atom is -0.381 e. The van der Waals surface area contributed by atoms with Crippen LogP contribution in [0, 0.1) is 11.8 Å². The number of benzene rings is 1. The van der Waals surface area contributed by atoms with E-state index in [0.717, 1.165) is 25.7 Å². The Morgan fingerprint density at radius 1 is 0.966 bits per heavy atom. The van der Waals surface area contributed by atoms with Gasteiger partial charge in [-0.05, 0) is 57.2 Å². The smallest absolute Gasteiger partial charge is 0.261 e. The van der Waals surface area contributed by atoms with Gasteiger partial charge >= 0.3 is 0 Å². The van der Waals surface area contributed by atoms with Crippen molar-refractivity contribution in [3.8, 4) is 0 Å². The fourth-order valence-electron chi connectivity index (χ4n) is 4.89. The van der Waals surface area contributed by atoms with Crippen molar-refractivity contribution < 1.29 is 19.2 Å². The van der Waals surface area contributed by atoms with Crippen LogP contribution < -0.4 is 21.3 Å². The van der Waals surface area contributed by atoms with Gasteiger partial charge in [0.2, 0.25) is 11.8 Å². The minimum atomic E-state index is -0.422. The zero-order chi connectivity index (χ0) is 20.5. The third kappa shape index (κ3) is 3.76. The number of fused-ring (bicyclic) bond motifs is 1. The predicted molar refractivity (Wildman–Crippen MR) is 106 cm³/mol. The Morgan fingerprint density at radius 3 is 2.41 bits per heavy atom. The van der Waals surface area contributed by atoms with E-state index in [1.54, 1.807) is 18.2 Å². The van der Waals surface area contributed by atoms with E-state index in [1.807, 2.05) is 7.05 Å². The highest BCUT2D eigenvalue weighted by Gasteiger charge is 2.40. The Labute approximate surface area is 169 Å². The van der Waals surface area contributed by atoms with E-state index in [1.165, 1.54) is 0 Å². The highest BCUT2D eigenvalue weighted by molar-refractivity contribution is 6.23. The average Bonchev–Trinajstić information content (AvgIpc) is 3.01. The van der Waals surface area contributed by atoms with Gasteiger partial charge in [-0.3, -0.25) is 29.8 Å². The largest absolute Gasteiger partial charge is 0.381 e. The van der Waals surface area contributed by atoms with Crippen LogP contribution in [-0.2, 0) is 9.59 Å². The highest BCUT2D eigenvalue weighted by Crippen LogP contribution is 2.36. The molecule has 3 aliphatic rings. The molecule has 2 heterocycles.